The Balaban J connectivity index is 3.03. The van der Waals surface area contributed by atoms with Crippen LogP contribution >= 0.6 is 0 Å². The van der Waals surface area contributed by atoms with Crippen molar-refractivity contribution < 1.29 is 24.5 Å². The molecule has 0 aliphatic carbocycles. The van der Waals surface area contributed by atoms with Crippen molar-refractivity contribution in [3.8, 4) is 5.75 Å². The van der Waals surface area contributed by atoms with E-state index in [9.17, 15) is 9.90 Å². The lowest BCUT2D eigenvalue weighted by Crippen LogP contribution is -2.15. The Labute approximate surface area is 119 Å². The van der Waals surface area contributed by atoms with E-state index in [2.05, 4.69) is 0 Å². The highest BCUT2D eigenvalue weighted by molar-refractivity contribution is 5.67. The van der Waals surface area contributed by atoms with Crippen molar-refractivity contribution >= 4 is 5.97 Å². The molecule has 1 atom stereocenters. The first kappa shape index (κ1) is 16.5. The number of rotatable bonds is 8. The number of aliphatic carboxylic acids is 1. The molecular weight excluding hydrogens is 260 g/mol. The van der Waals surface area contributed by atoms with E-state index in [4.69, 9.17) is 14.6 Å². The van der Waals surface area contributed by atoms with Gasteiger partial charge >= 0.3 is 5.97 Å². The summed E-state index contributed by atoms with van der Waals surface area (Å²) in [5, 5.41) is 18.3. The molecule has 2 N–H and O–H groups in total. The average molecular weight is 282 g/mol. The van der Waals surface area contributed by atoms with Crippen LogP contribution in [0.2, 0.25) is 0 Å². The van der Waals surface area contributed by atoms with Crippen LogP contribution in [0.4, 0.5) is 0 Å². The summed E-state index contributed by atoms with van der Waals surface area (Å²) < 4.78 is 11.1. The summed E-state index contributed by atoms with van der Waals surface area (Å²) in [5.41, 5.74) is 1.36. The van der Waals surface area contributed by atoms with Gasteiger partial charge in [-0.2, -0.15) is 0 Å². The molecule has 1 rings (SSSR count). The largest absolute Gasteiger partial charge is 0.494 e. The second-order valence-electron chi connectivity index (χ2n) is 4.73. The molecule has 1 aromatic rings. The van der Waals surface area contributed by atoms with Crippen LogP contribution in [0.25, 0.3) is 0 Å². The SMILES string of the molecule is CCOc1ccc([C@H](CC(=O)O)OC(C)C)cc1CO. The number of aliphatic hydroxyl groups is 1. The van der Waals surface area contributed by atoms with Crippen LogP contribution in [0.5, 0.6) is 5.75 Å². The molecule has 0 aliphatic heterocycles. The normalized spacial score (nSPS) is 12.4. The van der Waals surface area contributed by atoms with E-state index >= 15 is 0 Å². The Morgan fingerprint density at radius 2 is 2.05 bits per heavy atom. The predicted octanol–water partition coefficient (Wildman–Crippen LogP) is 2.52. The minimum atomic E-state index is -0.921. The number of benzene rings is 1. The third kappa shape index (κ3) is 4.83. The molecule has 0 saturated heterocycles. The third-order valence-corrected chi connectivity index (χ3v) is 2.72. The number of hydrogen-bond acceptors (Lipinski definition) is 4. The van der Waals surface area contributed by atoms with Gasteiger partial charge in [0.25, 0.3) is 0 Å². The zero-order valence-electron chi connectivity index (χ0n) is 12.1. The van der Waals surface area contributed by atoms with E-state index in [1.165, 1.54) is 0 Å². The van der Waals surface area contributed by atoms with E-state index in [0.29, 0.717) is 17.9 Å². The van der Waals surface area contributed by atoms with Crippen molar-refractivity contribution in [2.45, 2.75) is 46.0 Å². The van der Waals surface area contributed by atoms with E-state index in [1.54, 1.807) is 18.2 Å². The molecule has 20 heavy (non-hydrogen) atoms. The highest BCUT2D eigenvalue weighted by atomic mass is 16.5. The number of hydrogen-bond donors (Lipinski definition) is 2. The Morgan fingerprint density at radius 3 is 2.55 bits per heavy atom. The summed E-state index contributed by atoms with van der Waals surface area (Å²) in [5.74, 6) is -0.313. The Kier molecular flexibility index (Phi) is 6.48. The van der Waals surface area contributed by atoms with Gasteiger partial charge in [-0.3, -0.25) is 4.79 Å². The van der Waals surface area contributed by atoms with Gasteiger partial charge in [-0.05, 0) is 38.5 Å². The Hall–Kier alpha value is -1.59. The Bertz CT molecular complexity index is 442. The quantitative estimate of drug-likeness (QED) is 0.766. The number of carbonyl (C=O) groups is 1. The van der Waals surface area contributed by atoms with Gasteiger partial charge in [0.2, 0.25) is 0 Å². The maximum absolute atomic E-state index is 10.9. The highest BCUT2D eigenvalue weighted by Gasteiger charge is 2.19. The van der Waals surface area contributed by atoms with Gasteiger partial charge in [0, 0.05) is 5.56 Å². The number of carboxylic acids is 1. The minimum absolute atomic E-state index is 0.0801. The molecule has 0 aromatic heterocycles. The maximum Gasteiger partial charge on any atom is 0.306 e. The van der Waals surface area contributed by atoms with Gasteiger partial charge in [0.1, 0.15) is 5.75 Å². The molecule has 0 bridgehead atoms. The second kappa shape index (κ2) is 7.87. The molecule has 0 fully saturated rings. The number of aliphatic hydroxyl groups excluding tert-OH is 1. The van der Waals surface area contributed by atoms with Crippen molar-refractivity contribution in [1.29, 1.82) is 0 Å². The monoisotopic (exact) mass is 282 g/mol. The maximum atomic E-state index is 10.9. The summed E-state index contributed by atoms with van der Waals surface area (Å²) in [4.78, 5) is 10.9. The van der Waals surface area contributed by atoms with Crippen molar-refractivity contribution in [2.24, 2.45) is 0 Å². The molecule has 1 aromatic carbocycles. The lowest BCUT2D eigenvalue weighted by Gasteiger charge is -2.20. The molecule has 0 radical (unpaired) electrons. The lowest BCUT2D eigenvalue weighted by molar-refractivity contribution is -0.141. The topological polar surface area (TPSA) is 76.0 Å². The zero-order valence-corrected chi connectivity index (χ0v) is 12.1. The number of ether oxygens (including phenoxy) is 2. The summed E-state index contributed by atoms with van der Waals surface area (Å²) in [6, 6.07) is 5.25. The minimum Gasteiger partial charge on any atom is -0.494 e. The van der Waals surface area contributed by atoms with E-state index < -0.39 is 12.1 Å². The van der Waals surface area contributed by atoms with Gasteiger partial charge in [-0.25, -0.2) is 0 Å². The third-order valence-electron chi connectivity index (χ3n) is 2.72. The van der Waals surface area contributed by atoms with Gasteiger partial charge in [-0.15, -0.1) is 0 Å². The fraction of sp³-hybridized carbons (Fsp3) is 0.533. The Morgan fingerprint density at radius 1 is 1.35 bits per heavy atom. The fourth-order valence-electron chi connectivity index (χ4n) is 1.95. The molecule has 5 heteroatoms. The van der Waals surface area contributed by atoms with E-state index in [-0.39, 0.29) is 19.1 Å². The molecule has 0 saturated carbocycles. The first-order chi connectivity index (χ1) is 9.47. The zero-order chi connectivity index (χ0) is 15.1. The van der Waals surface area contributed by atoms with Crippen LogP contribution in [0, 0.1) is 0 Å². The van der Waals surface area contributed by atoms with Crippen molar-refractivity contribution in [1.82, 2.24) is 0 Å². The van der Waals surface area contributed by atoms with Gasteiger partial charge in [0.05, 0.1) is 31.8 Å². The molecule has 0 amide bonds. The molecule has 0 unspecified atom stereocenters. The van der Waals surface area contributed by atoms with Gasteiger partial charge in [0.15, 0.2) is 0 Å². The van der Waals surface area contributed by atoms with Crippen LogP contribution in [0.1, 0.15) is 44.4 Å². The van der Waals surface area contributed by atoms with Crippen LogP contribution in [0.3, 0.4) is 0 Å². The summed E-state index contributed by atoms with van der Waals surface area (Å²) in [7, 11) is 0. The first-order valence-corrected chi connectivity index (χ1v) is 6.71. The lowest BCUT2D eigenvalue weighted by atomic mass is 10.0. The van der Waals surface area contributed by atoms with Crippen LogP contribution in [-0.4, -0.2) is 28.9 Å². The standard InChI is InChI=1S/C15H22O5/c1-4-19-13-6-5-11(7-12(13)9-16)14(8-15(17)18)20-10(2)3/h5-7,10,14,16H,4,8-9H2,1-3H3,(H,17,18)/t14-/m0/s1. The van der Waals surface area contributed by atoms with E-state index in [0.717, 1.165) is 5.56 Å². The van der Waals surface area contributed by atoms with Crippen molar-refractivity contribution in [2.75, 3.05) is 6.61 Å². The molecule has 0 spiro atoms. The molecule has 0 heterocycles. The number of carboxylic acid groups (broad SMARTS) is 1. The smallest absolute Gasteiger partial charge is 0.306 e. The predicted molar refractivity (Wildman–Crippen MR) is 74.7 cm³/mol. The fourth-order valence-corrected chi connectivity index (χ4v) is 1.95. The van der Waals surface area contributed by atoms with Crippen molar-refractivity contribution in [3.63, 3.8) is 0 Å². The summed E-state index contributed by atoms with van der Waals surface area (Å²) >= 11 is 0. The highest BCUT2D eigenvalue weighted by Crippen LogP contribution is 2.28. The summed E-state index contributed by atoms with van der Waals surface area (Å²) in [6.45, 7) is 5.93. The van der Waals surface area contributed by atoms with Crippen LogP contribution in [-0.2, 0) is 16.1 Å². The van der Waals surface area contributed by atoms with Gasteiger partial charge in [-0.1, -0.05) is 6.07 Å². The average Bonchev–Trinajstić information content (AvgIpc) is 2.37. The van der Waals surface area contributed by atoms with Crippen LogP contribution < -0.4 is 4.74 Å². The molecule has 0 aliphatic rings. The summed E-state index contributed by atoms with van der Waals surface area (Å²) in [6.07, 6.45) is -0.728. The van der Waals surface area contributed by atoms with Gasteiger partial charge < -0.3 is 19.7 Å². The molecular formula is C15H22O5. The first-order valence-electron chi connectivity index (χ1n) is 6.71. The molecule has 112 valence electrons. The van der Waals surface area contributed by atoms with Crippen molar-refractivity contribution in [3.05, 3.63) is 29.3 Å². The van der Waals surface area contributed by atoms with Crippen LogP contribution in [0.15, 0.2) is 18.2 Å². The van der Waals surface area contributed by atoms with E-state index in [1.807, 2.05) is 20.8 Å². The second-order valence-corrected chi connectivity index (χ2v) is 4.73. The molecule has 5 nitrogen and oxygen atoms in total.